The van der Waals surface area contributed by atoms with Crippen LogP contribution in [-0.4, -0.2) is 27.4 Å². The lowest BCUT2D eigenvalue weighted by Gasteiger charge is -2.15. The number of nitrogens with zero attached hydrogens (tertiary/aromatic N) is 3. The molecule has 1 amide bonds. The van der Waals surface area contributed by atoms with Gasteiger partial charge in [-0.3, -0.25) is 9.69 Å². The molecule has 1 aliphatic rings. The van der Waals surface area contributed by atoms with Crippen molar-refractivity contribution in [2.24, 2.45) is 10.2 Å². The zero-order valence-electron chi connectivity index (χ0n) is 13.8. The molecule has 0 bridgehead atoms. The van der Waals surface area contributed by atoms with E-state index in [-0.39, 0.29) is 17.0 Å². The number of rotatable bonds is 6. The Labute approximate surface area is 149 Å². The van der Waals surface area contributed by atoms with Crippen molar-refractivity contribution in [2.75, 3.05) is 0 Å². The van der Waals surface area contributed by atoms with Crippen molar-refractivity contribution >= 4 is 29.1 Å². The fourth-order valence-corrected chi connectivity index (χ4v) is 3.66. The molecule has 1 aliphatic heterocycles. The van der Waals surface area contributed by atoms with Crippen molar-refractivity contribution in [1.82, 2.24) is 4.90 Å². The molecule has 0 spiro atoms. The first-order valence-corrected chi connectivity index (χ1v) is 8.92. The number of amides is 1. The predicted octanol–water partition coefficient (Wildman–Crippen LogP) is 4.05. The molecule has 25 heavy (non-hydrogen) atoms. The standard InChI is InChI=1S/C18H18FN3O2S/c1-2-4-16-17(23)22(12-13-6-8-14(19)9-7-13)18(25-16)21-20-11-15-5-3-10-24-15/h3,5-11,16H,2,4,12H2,1H3/b20-11+,21-18+. The average Bonchev–Trinajstić information content (AvgIpc) is 3.21. The summed E-state index contributed by atoms with van der Waals surface area (Å²) in [5.74, 6) is 0.309. The Hall–Kier alpha value is -2.41. The summed E-state index contributed by atoms with van der Waals surface area (Å²) in [5, 5.41) is 8.62. The Kier molecular flexibility index (Phi) is 5.65. The first kappa shape index (κ1) is 17.4. The number of furan rings is 1. The minimum absolute atomic E-state index is 0.0168. The SMILES string of the molecule is CCCC1S/C(=N/N=C/c2ccco2)N(Cc2ccc(F)cc2)C1=O. The number of hydrogen-bond acceptors (Lipinski definition) is 5. The van der Waals surface area contributed by atoms with Gasteiger partial charge in [-0.25, -0.2) is 4.39 Å². The van der Waals surface area contributed by atoms with Gasteiger partial charge in [0.2, 0.25) is 5.91 Å². The van der Waals surface area contributed by atoms with Gasteiger partial charge >= 0.3 is 0 Å². The van der Waals surface area contributed by atoms with Crippen LogP contribution in [0.15, 0.2) is 57.3 Å². The van der Waals surface area contributed by atoms with Gasteiger partial charge in [0, 0.05) is 0 Å². The third-order valence-electron chi connectivity index (χ3n) is 3.70. The molecule has 1 saturated heterocycles. The van der Waals surface area contributed by atoms with Gasteiger partial charge in [-0.05, 0) is 36.2 Å². The zero-order chi connectivity index (χ0) is 17.6. The normalized spacial score (nSPS) is 19.4. The Morgan fingerprint density at radius 1 is 1.32 bits per heavy atom. The van der Waals surface area contributed by atoms with Crippen LogP contribution in [0.25, 0.3) is 0 Å². The van der Waals surface area contributed by atoms with Crippen molar-refractivity contribution < 1.29 is 13.6 Å². The summed E-state index contributed by atoms with van der Waals surface area (Å²) < 4.78 is 18.3. The number of carbonyl (C=O) groups excluding carboxylic acids is 1. The Morgan fingerprint density at radius 3 is 2.80 bits per heavy atom. The van der Waals surface area contributed by atoms with E-state index in [0.29, 0.717) is 17.5 Å². The molecule has 0 saturated carbocycles. The van der Waals surface area contributed by atoms with E-state index < -0.39 is 0 Å². The lowest BCUT2D eigenvalue weighted by atomic mass is 10.2. The summed E-state index contributed by atoms with van der Waals surface area (Å²) in [6.07, 6.45) is 4.75. The Morgan fingerprint density at radius 2 is 2.12 bits per heavy atom. The lowest BCUT2D eigenvalue weighted by Crippen LogP contribution is -2.31. The van der Waals surface area contributed by atoms with Crippen LogP contribution < -0.4 is 0 Å². The summed E-state index contributed by atoms with van der Waals surface area (Å²) in [6.45, 7) is 2.39. The highest BCUT2D eigenvalue weighted by molar-refractivity contribution is 8.15. The van der Waals surface area contributed by atoms with E-state index in [1.54, 1.807) is 35.4 Å². The van der Waals surface area contributed by atoms with Gasteiger partial charge in [0.15, 0.2) is 5.17 Å². The van der Waals surface area contributed by atoms with Crippen molar-refractivity contribution in [1.29, 1.82) is 0 Å². The van der Waals surface area contributed by atoms with Crippen LogP contribution in [0.5, 0.6) is 0 Å². The van der Waals surface area contributed by atoms with E-state index in [0.717, 1.165) is 18.4 Å². The molecule has 0 aliphatic carbocycles. The van der Waals surface area contributed by atoms with E-state index in [1.165, 1.54) is 30.1 Å². The fourth-order valence-electron chi connectivity index (χ4n) is 2.45. The van der Waals surface area contributed by atoms with E-state index in [4.69, 9.17) is 4.42 Å². The van der Waals surface area contributed by atoms with Gasteiger partial charge in [-0.15, -0.1) is 5.10 Å². The maximum atomic E-state index is 13.1. The molecule has 0 radical (unpaired) electrons. The quantitative estimate of drug-likeness (QED) is 0.577. The summed E-state index contributed by atoms with van der Waals surface area (Å²) in [6, 6.07) is 9.65. The van der Waals surface area contributed by atoms with Gasteiger partial charge in [-0.1, -0.05) is 37.2 Å². The summed E-state index contributed by atoms with van der Waals surface area (Å²) >= 11 is 1.42. The smallest absolute Gasteiger partial charge is 0.242 e. The minimum Gasteiger partial charge on any atom is -0.463 e. The Bertz CT molecular complexity index is 772. The number of halogens is 1. The topological polar surface area (TPSA) is 58.2 Å². The van der Waals surface area contributed by atoms with E-state index in [2.05, 4.69) is 10.2 Å². The largest absolute Gasteiger partial charge is 0.463 e. The number of thioether (sulfide) groups is 1. The summed E-state index contributed by atoms with van der Waals surface area (Å²) in [7, 11) is 0. The second kappa shape index (κ2) is 8.11. The van der Waals surface area contributed by atoms with Crippen LogP contribution in [0, 0.1) is 5.82 Å². The third kappa shape index (κ3) is 4.36. The minimum atomic E-state index is -0.299. The van der Waals surface area contributed by atoms with Crippen molar-refractivity contribution in [3.8, 4) is 0 Å². The molecule has 130 valence electrons. The second-order valence-electron chi connectivity index (χ2n) is 5.59. The van der Waals surface area contributed by atoms with Gasteiger partial charge < -0.3 is 4.42 Å². The maximum absolute atomic E-state index is 13.1. The van der Waals surface area contributed by atoms with E-state index in [9.17, 15) is 9.18 Å². The number of carbonyl (C=O) groups is 1. The molecule has 7 heteroatoms. The molecule has 3 rings (SSSR count). The highest BCUT2D eigenvalue weighted by atomic mass is 32.2. The molecule has 2 aromatic rings. The molecule has 1 aromatic carbocycles. The van der Waals surface area contributed by atoms with Crippen LogP contribution in [0.1, 0.15) is 31.1 Å². The molecular formula is C18H18FN3O2S. The third-order valence-corrected chi connectivity index (χ3v) is 4.93. The monoisotopic (exact) mass is 359 g/mol. The lowest BCUT2D eigenvalue weighted by molar-refractivity contribution is -0.126. The average molecular weight is 359 g/mol. The van der Waals surface area contributed by atoms with Crippen LogP contribution >= 0.6 is 11.8 Å². The molecule has 1 aromatic heterocycles. The molecule has 1 unspecified atom stereocenters. The van der Waals surface area contributed by atoms with Crippen molar-refractivity contribution in [2.45, 2.75) is 31.6 Å². The number of amidine groups is 1. The van der Waals surface area contributed by atoms with Crippen molar-refractivity contribution in [3.63, 3.8) is 0 Å². The number of benzene rings is 1. The van der Waals surface area contributed by atoms with Gasteiger partial charge in [0.05, 0.1) is 24.3 Å². The highest BCUT2D eigenvalue weighted by Gasteiger charge is 2.37. The molecule has 2 heterocycles. The number of hydrogen-bond donors (Lipinski definition) is 0. The van der Waals surface area contributed by atoms with Gasteiger partial charge in [0.25, 0.3) is 0 Å². The molecular weight excluding hydrogens is 341 g/mol. The fraction of sp³-hybridized carbons (Fsp3) is 0.278. The second-order valence-corrected chi connectivity index (χ2v) is 6.76. The van der Waals surface area contributed by atoms with Crippen LogP contribution in [0.3, 0.4) is 0 Å². The maximum Gasteiger partial charge on any atom is 0.242 e. The highest BCUT2D eigenvalue weighted by Crippen LogP contribution is 2.31. The summed E-state index contributed by atoms with van der Waals surface area (Å²) in [5.41, 5.74) is 0.843. The first-order chi connectivity index (χ1) is 12.2. The summed E-state index contributed by atoms with van der Waals surface area (Å²) in [4.78, 5) is 14.3. The van der Waals surface area contributed by atoms with Crippen LogP contribution in [0.4, 0.5) is 4.39 Å². The Balaban J connectivity index is 1.79. The molecule has 1 fully saturated rings. The van der Waals surface area contributed by atoms with E-state index >= 15 is 0 Å². The van der Waals surface area contributed by atoms with E-state index in [1.807, 2.05) is 6.92 Å². The van der Waals surface area contributed by atoms with Crippen LogP contribution in [-0.2, 0) is 11.3 Å². The van der Waals surface area contributed by atoms with Gasteiger partial charge in [-0.2, -0.15) is 5.10 Å². The predicted molar refractivity (Wildman–Crippen MR) is 97.0 cm³/mol. The zero-order valence-corrected chi connectivity index (χ0v) is 14.6. The first-order valence-electron chi connectivity index (χ1n) is 8.04. The molecule has 1 atom stereocenters. The molecule has 0 N–H and O–H groups in total. The van der Waals surface area contributed by atoms with Crippen LogP contribution in [0.2, 0.25) is 0 Å². The van der Waals surface area contributed by atoms with Crippen molar-refractivity contribution in [3.05, 3.63) is 59.8 Å². The molecule has 5 nitrogen and oxygen atoms in total. The van der Waals surface area contributed by atoms with Gasteiger partial charge in [0.1, 0.15) is 11.6 Å².